The van der Waals surface area contributed by atoms with Crippen LogP contribution in [0.15, 0.2) is 14.3 Å². The van der Waals surface area contributed by atoms with E-state index in [-0.39, 0.29) is 18.6 Å². The first-order valence-corrected chi connectivity index (χ1v) is 8.25. The second-order valence-electron chi connectivity index (χ2n) is 4.07. The van der Waals surface area contributed by atoms with E-state index in [1.54, 1.807) is 6.07 Å². The summed E-state index contributed by atoms with van der Waals surface area (Å²) in [6.07, 6.45) is 1.91. The molecule has 1 N–H and O–H groups in total. The van der Waals surface area contributed by atoms with Crippen molar-refractivity contribution < 1.29 is 14.3 Å². The Morgan fingerprint density at radius 2 is 2.16 bits per heavy atom. The van der Waals surface area contributed by atoms with Gasteiger partial charge in [0.15, 0.2) is 6.61 Å². The van der Waals surface area contributed by atoms with Crippen LogP contribution in [0.4, 0.5) is 0 Å². The molecular weight excluding hydrogens is 398 g/mol. The number of esters is 1. The molecule has 0 fully saturated rings. The largest absolute Gasteiger partial charge is 0.451 e. The smallest absolute Gasteiger partial charge is 0.348 e. The summed E-state index contributed by atoms with van der Waals surface area (Å²) in [5.74, 6) is -0.765. The fourth-order valence-corrected chi connectivity index (χ4v) is 3.40. The van der Waals surface area contributed by atoms with Gasteiger partial charge < -0.3 is 10.1 Å². The third-order valence-corrected chi connectivity index (χ3v) is 5.55. The summed E-state index contributed by atoms with van der Waals surface area (Å²) >= 11 is 7.85. The molecule has 1 amide bonds. The molecule has 0 radical (unpaired) electrons. The zero-order valence-electron chi connectivity index (χ0n) is 10.7. The molecular formula is C12H15Br2NO3S. The number of carbonyl (C=O) groups excluding carboxylic acids is 2. The highest BCUT2D eigenvalue weighted by molar-refractivity contribution is 9.13. The fourth-order valence-electron chi connectivity index (χ4n) is 1.47. The SMILES string of the molecule is CCC[C@@H](C)NC(=O)COC(=O)c1cc(Br)c(Br)s1. The van der Waals surface area contributed by atoms with Crippen molar-refractivity contribution in [3.8, 4) is 0 Å². The Kier molecular flexibility index (Phi) is 7.02. The number of amides is 1. The number of rotatable bonds is 6. The van der Waals surface area contributed by atoms with E-state index in [2.05, 4.69) is 44.1 Å². The molecule has 1 aromatic heterocycles. The predicted molar refractivity (Wildman–Crippen MR) is 82.5 cm³/mol. The van der Waals surface area contributed by atoms with E-state index in [1.165, 1.54) is 11.3 Å². The van der Waals surface area contributed by atoms with Crippen LogP contribution < -0.4 is 5.32 Å². The molecule has 1 atom stereocenters. The van der Waals surface area contributed by atoms with Gasteiger partial charge in [-0.25, -0.2) is 4.79 Å². The van der Waals surface area contributed by atoms with Gasteiger partial charge in [0, 0.05) is 10.5 Å². The van der Waals surface area contributed by atoms with Gasteiger partial charge in [-0.05, 0) is 51.3 Å². The standard InChI is InChI=1S/C12H15Br2NO3S/c1-3-4-7(2)15-10(16)6-18-12(17)9-5-8(13)11(14)19-9/h5,7H,3-4,6H2,1-2H3,(H,15,16)/t7-/m1/s1. The van der Waals surface area contributed by atoms with E-state index in [0.29, 0.717) is 4.88 Å². The summed E-state index contributed by atoms with van der Waals surface area (Å²) in [5, 5.41) is 2.77. The number of thiophene rings is 1. The summed E-state index contributed by atoms with van der Waals surface area (Å²) in [4.78, 5) is 23.7. The second kappa shape index (κ2) is 8.01. The average Bonchev–Trinajstić information content (AvgIpc) is 2.67. The first-order chi connectivity index (χ1) is 8.93. The minimum Gasteiger partial charge on any atom is -0.451 e. The van der Waals surface area contributed by atoms with Gasteiger partial charge in [-0.15, -0.1) is 11.3 Å². The summed E-state index contributed by atoms with van der Waals surface area (Å²) in [6.45, 7) is 3.73. The van der Waals surface area contributed by atoms with Gasteiger partial charge >= 0.3 is 5.97 Å². The molecule has 0 aliphatic rings. The average molecular weight is 413 g/mol. The molecule has 0 saturated carbocycles. The summed E-state index contributed by atoms with van der Waals surface area (Å²) in [6, 6.07) is 1.76. The third kappa shape index (κ3) is 5.62. The quantitative estimate of drug-likeness (QED) is 0.724. The highest BCUT2D eigenvalue weighted by Crippen LogP contribution is 2.32. The number of nitrogens with one attached hydrogen (secondary N) is 1. The minimum absolute atomic E-state index is 0.0984. The number of hydrogen-bond donors (Lipinski definition) is 1. The second-order valence-corrected chi connectivity index (χ2v) is 7.29. The summed E-state index contributed by atoms with van der Waals surface area (Å²) < 4.78 is 6.57. The molecule has 1 aromatic rings. The molecule has 106 valence electrons. The van der Waals surface area contributed by atoms with Gasteiger partial charge in [-0.3, -0.25) is 4.79 Å². The molecule has 0 unspecified atom stereocenters. The maximum Gasteiger partial charge on any atom is 0.348 e. The predicted octanol–water partition coefficient (Wildman–Crippen LogP) is 3.73. The first kappa shape index (κ1) is 16.7. The topological polar surface area (TPSA) is 55.4 Å². The molecule has 1 rings (SSSR count). The van der Waals surface area contributed by atoms with Crippen LogP contribution in [0.1, 0.15) is 36.4 Å². The van der Waals surface area contributed by atoms with Gasteiger partial charge in [-0.1, -0.05) is 13.3 Å². The summed E-state index contributed by atoms with van der Waals surface area (Å²) in [5.41, 5.74) is 0. The van der Waals surface area contributed by atoms with Crippen molar-refractivity contribution in [1.82, 2.24) is 5.32 Å². The van der Waals surface area contributed by atoms with E-state index in [1.807, 2.05) is 6.92 Å². The van der Waals surface area contributed by atoms with Gasteiger partial charge in [0.05, 0.1) is 3.79 Å². The maximum atomic E-state index is 11.7. The lowest BCUT2D eigenvalue weighted by molar-refractivity contribution is -0.124. The molecule has 0 saturated heterocycles. The highest BCUT2D eigenvalue weighted by Gasteiger charge is 2.15. The van der Waals surface area contributed by atoms with Crippen LogP contribution in [-0.4, -0.2) is 24.5 Å². The lowest BCUT2D eigenvalue weighted by atomic mass is 10.2. The minimum atomic E-state index is -0.491. The first-order valence-electron chi connectivity index (χ1n) is 5.85. The van der Waals surface area contributed by atoms with Crippen LogP contribution in [0, 0.1) is 0 Å². The van der Waals surface area contributed by atoms with Crippen molar-refractivity contribution in [2.24, 2.45) is 0 Å². The van der Waals surface area contributed by atoms with Crippen LogP contribution in [0.3, 0.4) is 0 Å². The Labute approximate surface area is 133 Å². The number of hydrogen-bond acceptors (Lipinski definition) is 4. The Morgan fingerprint density at radius 1 is 1.47 bits per heavy atom. The van der Waals surface area contributed by atoms with E-state index >= 15 is 0 Å². The maximum absolute atomic E-state index is 11.7. The monoisotopic (exact) mass is 411 g/mol. The lowest BCUT2D eigenvalue weighted by Gasteiger charge is -2.12. The van der Waals surface area contributed by atoms with Crippen molar-refractivity contribution in [3.05, 3.63) is 19.2 Å². The zero-order valence-corrected chi connectivity index (χ0v) is 14.7. The van der Waals surface area contributed by atoms with Crippen molar-refractivity contribution in [2.75, 3.05) is 6.61 Å². The van der Waals surface area contributed by atoms with Crippen LogP contribution >= 0.6 is 43.2 Å². The highest BCUT2D eigenvalue weighted by atomic mass is 79.9. The third-order valence-electron chi connectivity index (χ3n) is 2.31. The molecule has 0 spiro atoms. The Morgan fingerprint density at radius 3 is 2.68 bits per heavy atom. The van der Waals surface area contributed by atoms with Crippen LogP contribution in [0.2, 0.25) is 0 Å². The van der Waals surface area contributed by atoms with Gasteiger partial charge in [-0.2, -0.15) is 0 Å². The Hall–Kier alpha value is -0.400. The van der Waals surface area contributed by atoms with Gasteiger partial charge in [0.2, 0.25) is 0 Å². The van der Waals surface area contributed by atoms with E-state index in [0.717, 1.165) is 21.1 Å². The van der Waals surface area contributed by atoms with Crippen molar-refractivity contribution >= 4 is 55.1 Å². The van der Waals surface area contributed by atoms with E-state index in [9.17, 15) is 9.59 Å². The van der Waals surface area contributed by atoms with Crippen LogP contribution in [0.5, 0.6) is 0 Å². The molecule has 0 bridgehead atoms. The molecule has 0 aliphatic heterocycles. The summed E-state index contributed by atoms with van der Waals surface area (Å²) in [7, 11) is 0. The molecule has 0 aliphatic carbocycles. The number of ether oxygens (including phenoxy) is 1. The molecule has 1 heterocycles. The lowest BCUT2D eigenvalue weighted by Crippen LogP contribution is -2.35. The molecule has 7 heteroatoms. The normalized spacial score (nSPS) is 12.0. The van der Waals surface area contributed by atoms with Crippen LogP contribution in [-0.2, 0) is 9.53 Å². The van der Waals surface area contributed by atoms with Crippen molar-refractivity contribution in [1.29, 1.82) is 0 Å². The number of halogens is 2. The Bertz CT molecular complexity index is 442. The molecule has 4 nitrogen and oxygen atoms in total. The zero-order chi connectivity index (χ0) is 14.4. The van der Waals surface area contributed by atoms with Gasteiger partial charge in [0.1, 0.15) is 4.88 Å². The van der Waals surface area contributed by atoms with Gasteiger partial charge in [0.25, 0.3) is 5.91 Å². The fraction of sp³-hybridized carbons (Fsp3) is 0.500. The van der Waals surface area contributed by atoms with Crippen molar-refractivity contribution in [3.63, 3.8) is 0 Å². The van der Waals surface area contributed by atoms with Crippen molar-refractivity contribution in [2.45, 2.75) is 32.7 Å². The number of carbonyl (C=O) groups is 2. The molecule has 0 aromatic carbocycles. The Balaban J connectivity index is 2.40. The van der Waals surface area contributed by atoms with E-state index < -0.39 is 5.97 Å². The van der Waals surface area contributed by atoms with E-state index in [4.69, 9.17) is 4.74 Å². The van der Waals surface area contributed by atoms with Crippen LogP contribution in [0.25, 0.3) is 0 Å². The molecule has 19 heavy (non-hydrogen) atoms.